The minimum atomic E-state index is -0.287. The molecule has 0 fully saturated rings. The topological polar surface area (TPSA) is 47.3 Å². The molecule has 0 heterocycles. The molecule has 0 radical (unpaired) electrons. The summed E-state index contributed by atoms with van der Waals surface area (Å²) in [7, 11) is 1.67. The molecular formula is C16H18BrFN2O. The highest BCUT2D eigenvalue weighted by molar-refractivity contribution is 9.10. The molecular weight excluding hydrogens is 335 g/mol. The number of ether oxygens (including phenoxy) is 1. The number of nitrogens with two attached hydrogens (primary N) is 1. The van der Waals surface area contributed by atoms with Crippen LogP contribution in [0.25, 0.3) is 0 Å². The van der Waals surface area contributed by atoms with Crippen LogP contribution in [0.1, 0.15) is 17.2 Å². The molecule has 2 rings (SSSR count). The Labute approximate surface area is 132 Å². The lowest BCUT2D eigenvalue weighted by molar-refractivity contribution is 0.184. The van der Waals surface area contributed by atoms with Gasteiger partial charge in [0.25, 0.3) is 0 Å². The molecule has 3 nitrogen and oxygen atoms in total. The van der Waals surface area contributed by atoms with Crippen LogP contribution in [0, 0.1) is 5.82 Å². The predicted octanol–water partition coefficient (Wildman–Crippen LogP) is 3.85. The van der Waals surface area contributed by atoms with Crippen molar-refractivity contribution in [3.8, 4) is 0 Å². The zero-order valence-electron chi connectivity index (χ0n) is 11.8. The van der Waals surface area contributed by atoms with Gasteiger partial charge in [-0.2, -0.15) is 0 Å². The SMILES string of the molecule is COCc1ccccc1C(CN)Nc1ccc(F)c(Br)c1. The summed E-state index contributed by atoms with van der Waals surface area (Å²) in [4.78, 5) is 0. The van der Waals surface area contributed by atoms with Gasteiger partial charge in [0.15, 0.2) is 0 Å². The van der Waals surface area contributed by atoms with E-state index in [2.05, 4.69) is 21.2 Å². The van der Waals surface area contributed by atoms with Gasteiger partial charge in [-0.15, -0.1) is 0 Å². The maximum atomic E-state index is 13.3. The van der Waals surface area contributed by atoms with Crippen molar-refractivity contribution in [1.29, 1.82) is 0 Å². The van der Waals surface area contributed by atoms with Crippen molar-refractivity contribution in [3.63, 3.8) is 0 Å². The lowest BCUT2D eigenvalue weighted by Crippen LogP contribution is -2.22. The molecule has 0 saturated heterocycles. The van der Waals surface area contributed by atoms with Crippen LogP contribution in [0.5, 0.6) is 0 Å². The van der Waals surface area contributed by atoms with Crippen LogP contribution in [0.15, 0.2) is 46.9 Å². The van der Waals surface area contributed by atoms with Crippen molar-refractivity contribution in [2.75, 3.05) is 19.0 Å². The molecule has 1 unspecified atom stereocenters. The summed E-state index contributed by atoms with van der Waals surface area (Å²) in [6.07, 6.45) is 0. The van der Waals surface area contributed by atoms with Crippen molar-refractivity contribution in [3.05, 3.63) is 63.9 Å². The average molecular weight is 353 g/mol. The van der Waals surface area contributed by atoms with Gasteiger partial charge in [0.2, 0.25) is 0 Å². The molecule has 0 bridgehead atoms. The first-order chi connectivity index (χ1) is 10.2. The number of halogens is 2. The molecule has 2 aromatic rings. The summed E-state index contributed by atoms with van der Waals surface area (Å²) >= 11 is 3.19. The lowest BCUT2D eigenvalue weighted by atomic mass is 10.0. The molecule has 21 heavy (non-hydrogen) atoms. The first kappa shape index (κ1) is 15.9. The van der Waals surface area contributed by atoms with E-state index in [0.717, 1.165) is 16.8 Å². The maximum absolute atomic E-state index is 13.3. The van der Waals surface area contributed by atoms with Gasteiger partial charge in [-0.05, 0) is 45.3 Å². The van der Waals surface area contributed by atoms with Crippen molar-refractivity contribution in [2.45, 2.75) is 12.6 Å². The zero-order valence-corrected chi connectivity index (χ0v) is 13.4. The van der Waals surface area contributed by atoms with E-state index in [-0.39, 0.29) is 11.9 Å². The van der Waals surface area contributed by atoms with E-state index in [9.17, 15) is 4.39 Å². The third-order valence-electron chi connectivity index (χ3n) is 3.23. The standard InChI is InChI=1S/C16H18BrFN2O/c1-21-10-11-4-2-3-5-13(11)16(9-19)20-12-6-7-15(18)14(17)8-12/h2-8,16,20H,9-10,19H2,1H3. The zero-order chi connectivity index (χ0) is 15.2. The Morgan fingerprint density at radius 1 is 1.29 bits per heavy atom. The molecule has 2 aromatic carbocycles. The highest BCUT2D eigenvalue weighted by atomic mass is 79.9. The number of nitrogens with one attached hydrogen (secondary N) is 1. The van der Waals surface area contributed by atoms with E-state index < -0.39 is 0 Å². The smallest absolute Gasteiger partial charge is 0.137 e. The van der Waals surface area contributed by atoms with Gasteiger partial charge in [-0.1, -0.05) is 24.3 Å². The van der Waals surface area contributed by atoms with E-state index in [4.69, 9.17) is 10.5 Å². The molecule has 0 spiro atoms. The Morgan fingerprint density at radius 2 is 2.05 bits per heavy atom. The summed E-state index contributed by atoms with van der Waals surface area (Å²) in [5.74, 6) is -0.287. The van der Waals surface area contributed by atoms with Crippen LogP contribution in [0.4, 0.5) is 10.1 Å². The van der Waals surface area contributed by atoms with Crippen LogP contribution < -0.4 is 11.1 Å². The Kier molecular flexibility index (Phi) is 5.73. The third kappa shape index (κ3) is 4.03. The second kappa shape index (κ2) is 7.54. The summed E-state index contributed by atoms with van der Waals surface area (Å²) < 4.78 is 18.9. The molecule has 0 aliphatic rings. The Bertz CT molecular complexity index is 607. The van der Waals surface area contributed by atoms with Gasteiger partial charge >= 0.3 is 0 Å². The van der Waals surface area contributed by atoms with Crippen LogP contribution >= 0.6 is 15.9 Å². The highest BCUT2D eigenvalue weighted by Crippen LogP contribution is 2.25. The largest absolute Gasteiger partial charge is 0.380 e. The Balaban J connectivity index is 2.25. The van der Waals surface area contributed by atoms with E-state index in [0.29, 0.717) is 17.6 Å². The fourth-order valence-electron chi connectivity index (χ4n) is 2.21. The van der Waals surface area contributed by atoms with Gasteiger partial charge in [0.1, 0.15) is 5.82 Å². The summed E-state index contributed by atoms with van der Waals surface area (Å²) in [6, 6.07) is 12.7. The third-order valence-corrected chi connectivity index (χ3v) is 3.83. The highest BCUT2D eigenvalue weighted by Gasteiger charge is 2.14. The minimum Gasteiger partial charge on any atom is -0.380 e. The number of anilines is 1. The molecule has 0 aliphatic carbocycles. The summed E-state index contributed by atoms with van der Waals surface area (Å²) in [6.45, 7) is 0.956. The van der Waals surface area contributed by atoms with Crippen LogP contribution in [-0.2, 0) is 11.3 Å². The normalized spacial score (nSPS) is 12.2. The second-order valence-electron chi connectivity index (χ2n) is 4.69. The number of rotatable bonds is 6. The number of hydrogen-bond acceptors (Lipinski definition) is 3. The Morgan fingerprint density at radius 3 is 2.71 bits per heavy atom. The molecule has 1 atom stereocenters. The fraction of sp³-hybridized carbons (Fsp3) is 0.250. The summed E-state index contributed by atoms with van der Waals surface area (Å²) in [5, 5.41) is 3.33. The maximum Gasteiger partial charge on any atom is 0.137 e. The number of hydrogen-bond donors (Lipinski definition) is 2. The van der Waals surface area contributed by atoms with E-state index in [1.54, 1.807) is 19.2 Å². The molecule has 0 aromatic heterocycles. The molecule has 0 aliphatic heterocycles. The van der Waals surface area contributed by atoms with E-state index >= 15 is 0 Å². The Hall–Kier alpha value is -1.43. The number of methoxy groups -OCH3 is 1. The molecule has 3 N–H and O–H groups in total. The van der Waals surface area contributed by atoms with Crippen LogP contribution in [-0.4, -0.2) is 13.7 Å². The minimum absolute atomic E-state index is 0.0614. The number of benzene rings is 2. The lowest BCUT2D eigenvalue weighted by Gasteiger charge is -2.21. The van der Waals surface area contributed by atoms with Crippen molar-refractivity contribution in [1.82, 2.24) is 0 Å². The van der Waals surface area contributed by atoms with Gasteiger partial charge in [0, 0.05) is 19.3 Å². The van der Waals surface area contributed by atoms with Crippen LogP contribution in [0.2, 0.25) is 0 Å². The first-order valence-electron chi connectivity index (χ1n) is 6.64. The van der Waals surface area contributed by atoms with Crippen molar-refractivity contribution < 1.29 is 9.13 Å². The quantitative estimate of drug-likeness (QED) is 0.829. The molecule has 0 saturated carbocycles. The second-order valence-corrected chi connectivity index (χ2v) is 5.55. The van der Waals surface area contributed by atoms with Gasteiger partial charge in [-0.25, -0.2) is 4.39 Å². The average Bonchev–Trinajstić information content (AvgIpc) is 2.49. The first-order valence-corrected chi connectivity index (χ1v) is 7.43. The monoisotopic (exact) mass is 352 g/mol. The van der Waals surface area contributed by atoms with E-state index in [1.807, 2.05) is 24.3 Å². The van der Waals surface area contributed by atoms with Crippen LogP contribution in [0.3, 0.4) is 0 Å². The van der Waals surface area contributed by atoms with Gasteiger partial charge < -0.3 is 15.8 Å². The predicted molar refractivity (Wildman–Crippen MR) is 86.7 cm³/mol. The van der Waals surface area contributed by atoms with Gasteiger partial charge in [-0.3, -0.25) is 0 Å². The van der Waals surface area contributed by atoms with Gasteiger partial charge in [0.05, 0.1) is 17.1 Å². The van der Waals surface area contributed by atoms with Crippen molar-refractivity contribution >= 4 is 21.6 Å². The molecule has 5 heteroatoms. The molecule has 0 amide bonds. The van der Waals surface area contributed by atoms with Crippen molar-refractivity contribution in [2.24, 2.45) is 5.73 Å². The fourth-order valence-corrected chi connectivity index (χ4v) is 2.59. The van der Waals surface area contributed by atoms with E-state index in [1.165, 1.54) is 6.07 Å². The molecule has 112 valence electrons. The summed E-state index contributed by atoms with van der Waals surface area (Å²) in [5.41, 5.74) is 8.88.